The highest BCUT2D eigenvalue weighted by atomic mass is 16.5. The van der Waals surface area contributed by atoms with Crippen molar-refractivity contribution in [2.24, 2.45) is 17.3 Å². The fourth-order valence-electron chi connectivity index (χ4n) is 1.55. The van der Waals surface area contributed by atoms with Gasteiger partial charge in [-0.25, -0.2) is 0 Å². The third-order valence-electron chi connectivity index (χ3n) is 2.73. The number of hydrogen-bond donors (Lipinski definition) is 1. The number of rotatable bonds is 7. The van der Waals surface area contributed by atoms with Crippen molar-refractivity contribution >= 4 is 5.97 Å². The zero-order chi connectivity index (χ0) is 12.8. The van der Waals surface area contributed by atoms with Crippen molar-refractivity contribution in [3.63, 3.8) is 0 Å². The van der Waals surface area contributed by atoms with Crippen LogP contribution in [0.15, 0.2) is 0 Å². The summed E-state index contributed by atoms with van der Waals surface area (Å²) in [5.74, 6) is -0.413. The summed E-state index contributed by atoms with van der Waals surface area (Å²) in [7, 11) is 0. The Balaban J connectivity index is 3.83. The van der Waals surface area contributed by atoms with Crippen molar-refractivity contribution in [3.05, 3.63) is 0 Å². The lowest BCUT2D eigenvalue weighted by Gasteiger charge is -2.26. The molecule has 0 bridgehead atoms. The summed E-state index contributed by atoms with van der Waals surface area (Å²) in [5.41, 5.74) is -0.201. The van der Waals surface area contributed by atoms with Gasteiger partial charge in [-0.3, -0.25) is 4.79 Å². The van der Waals surface area contributed by atoms with Gasteiger partial charge >= 0.3 is 5.97 Å². The van der Waals surface area contributed by atoms with Gasteiger partial charge in [0, 0.05) is 13.2 Å². The van der Waals surface area contributed by atoms with Crippen molar-refractivity contribution in [1.82, 2.24) is 0 Å². The first kappa shape index (κ1) is 15.4. The highest BCUT2D eigenvalue weighted by molar-refractivity contribution is 5.70. The molecular weight excluding hydrogens is 204 g/mol. The highest BCUT2D eigenvalue weighted by Gasteiger charge is 2.30. The summed E-state index contributed by atoms with van der Waals surface area (Å²) in [6.45, 7) is 11.5. The van der Waals surface area contributed by atoms with Gasteiger partial charge in [0.05, 0.1) is 5.92 Å². The second-order valence-electron chi connectivity index (χ2n) is 5.84. The van der Waals surface area contributed by atoms with Crippen molar-refractivity contribution in [2.75, 3.05) is 13.2 Å². The largest absolute Gasteiger partial charge is 0.481 e. The topological polar surface area (TPSA) is 46.5 Å². The first-order chi connectivity index (χ1) is 7.25. The molecule has 96 valence electrons. The number of carboxylic acids is 1. The van der Waals surface area contributed by atoms with Crippen LogP contribution in [0.1, 0.15) is 47.5 Å². The van der Waals surface area contributed by atoms with Crippen LogP contribution >= 0.6 is 0 Å². The van der Waals surface area contributed by atoms with Crippen molar-refractivity contribution in [2.45, 2.75) is 47.5 Å². The van der Waals surface area contributed by atoms with E-state index < -0.39 is 5.97 Å². The fourth-order valence-corrected chi connectivity index (χ4v) is 1.55. The molecule has 0 saturated heterocycles. The maximum atomic E-state index is 11.1. The average molecular weight is 230 g/mol. The number of hydrogen-bond acceptors (Lipinski definition) is 2. The van der Waals surface area contributed by atoms with Gasteiger partial charge in [-0.05, 0) is 24.2 Å². The lowest BCUT2D eigenvalue weighted by molar-refractivity contribution is -0.146. The van der Waals surface area contributed by atoms with E-state index in [9.17, 15) is 4.79 Å². The van der Waals surface area contributed by atoms with E-state index in [4.69, 9.17) is 9.84 Å². The molecule has 3 heteroatoms. The zero-order valence-corrected chi connectivity index (χ0v) is 11.2. The Morgan fingerprint density at radius 1 is 1.19 bits per heavy atom. The summed E-state index contributed by atoms with van der Waals surface area (Å²) in [6.07, 6.45) is 1.63. The van der Waals surface area contributed by atoms with Crippen LogP contribution in [-0.2, 0) is 9.53 Å². The second-order valence-corrected chi connectivity index (χ2v) is 5.84. The van der Waals surface area contributed by atoms with Crippen LogP contribution in [0.3, 0.4) is 0 Å². The molecule has 3 nitrogen and oxygen atoms in total. The lowest BCUT2D eigenvalue weighted by Crippen LogP contribution is -2.29. The van der Waals surface area contributed by atoms with Crippen LogP contribution in [0.4, 0.5) is 0 Å². The van der Waals surface area contributed by atoms with Gasteiger partial charge in [-0.2, -0.15) is 0 Å². The first-order valence-electron chi connectivity index (χ1n) is 6.05. The molecular formula is C13H26O3. The first-order valence-corrected chi connectivity index (χ1v) is 6.05. The number of carboxylic acid groups (broad SMARTS) is 1. The minimum absolute atomic E-state index is 0.201. The smallest absolute Gasteiger partial charge is 0.307 e. The average Bonchev–Trinajstić information content (AvgIpc) is 2.07. The predicted molar refractivity (Wildman–Crippen MR) is 65.5 cm³/mol. The van der Waals surface area contributed by atoms with Crippen molar-refractivity contribution < 1.29 is 14.6 Å². The van der Waals surface area contributed by atoms with Crippen LogP contribution in [0, 0.1) is 17.3 Å². The molecule has 16 heavy (non-hydrogen) atoms. The molecule has 1 N–H and O–H groups in total. The van der Waals surface area contributed by atoms with E-state index in [1.807, 2.05) is 20.8 Å². The van der Waals surface area contributed by atoms with Gasteiger partial charge in [0.15, 0.2) is 0 Å². The summed E-state index contributed by atoms with van der Waals surface area (Å²) in [4.78, 5) is 11.1. The van der Waals surface area contributed by atoms with Crippen LogP contribution in [0.25, 0.3) is 0 Å². The second kappa shape index (κ2) is 6.89. The molecule has 0 saturated carbocycles. The Hall–Kier alpha value is -0.570. The van der Waals surface area contributed by atoms with Gasteiger partial charge in [-0.15, -0.1) is 0 Å². The van der Waals surface area contributed by atoms with E-state index in [1.54, 1.807) is 0 Å². The number of carbonyl (C=O) groups is 1. The third kappa shape index (κ3) is 6.83. The molecule has 0 fully saturated rings. The summed E-state index contributed by atoms with van der Waals surface area (Å²) >= 11 is 0. The highest BCUT2D eigenvalue weighted by Crippen LogP contribution is 2.28. The Morgan fingerprint density at radius 3 is 2.06 bits per heavy atom. The minimum atomic E-state index is -0.722. The molecule has 0 aromatic carbocycles. The molecule has 0 aliphatic carbocycles. The van der Waals surface area contributed by atoms with E-state index in [0.717, 1.165) is 13.0 Å². The summed E-state index contributed by atoms with van der Waals surface area (Å²) in [6, 6.07) is 0. The van der Waals surface area contributed by atoms with Crippen LogP contribution < -0.4 is 0 Å². The van der Waals surface area contributed by atoms with Gasteiger partial charge in [0.2, 0.25) is 0 Å². The normalized spacial score (nSPS) is 14.1. The maximum absolute atomic E-state index is 11.1. The van der Waals surface area contributed by atoms with Crippen LogP contribution in [-0.4, -0.2) is 24.3 Å². The molecule has 0 heterocycles. The molecule has 0 aromatic rings. The molecule has 0 aromatic heterocycles. The van der Waals surface area contributed by atoms with E-state index in [1.165, 1.54) is 0 Å². The lowest BCUT2D eigenvalue weighted by atomic mass is 9.79. The van der Waals surface area contributed by atoms with E-state index in [2.05, 4.69) is 13.8 Å². The van der Waals surface area contributed by atoms with Crippen molar-refractivity contribution in [3.8, 4) is 0 Å². The summed E-state index contributed by atoms with van der Waals surface area (Å²) < 4.78 is 5.46. The minimum Gasteiger partial charge on any atom is -0.481 e. The summed E-state index contributed by atoms with van der Waals surface area (Å²) in [5, 5.41) is 9.10. The monoisotopic (exact) mass is 230 g/mol. The Kier molecular flexibility index (Phi) is 6.65. The van der Waals surface area contributed by atoms with Gasteiger partial charge in [0.25, 0.3) is 0 Å². The zero-order valence-electron chi connectivity index (χ0n) is 11.2. The van der Waals surface area contributed by atoms with Gasteiger partial charge in [0.1, 0.15) is 0 Å². The molecule has 1 unspecified atom stereocenters. The van der Waals surface area contributed by atoms with Crippen LogP contribution in [0.5, 0.6) is 0 Å². The molecule has 0 aliphatic rings. The predicted octanol–water partition coefficient (Wildman–Crippen LogP) is 3.19. The van der Waals surface area contributed by atoms with Gasteiger partial charge < -0.3 is 9.84 Å². The molecule has 0 spiro atoms. The molecule has 0 radical (unpaired) electrons. The molecule has 0 amide bonds. The van der Waals surface area contributed by atoms with Crippen molar-refractivity contribution in [1.29, 1.82) is 0 Å². The fraction of sp³-hybridized carbons (Fsp3) is 0.923. The maximum Gasteiger partial charge on any atom is 0.307 e. The Bertz CT molecular complexity index is 204. The van der Waals surface area contributed by atoms with E-state index in [0.29, 0.717) is 18.9 Å². The number of aliphatic carboxylic acids is 1. The Labute approximate surface area is 99.2 Å². The Morgan fingerprint density at radius 2 is 1.69 bits per heavy atom. The van der Waals surface area contributed by atoms with Crippen LogP contribution in [0.2, 0.25) is 0 Å². The molecule has 1 atom stereocenters. The molecule has 0 aliphatic heterocycles. The van der Waals surface area contributed by atoms with E-state index in [-0.39, 0.29) is 11.3 Å². The third-order valence-corrected chi connectivity index (χ3v) is 2.73. The molecule has 0 rings (SSSR count). The van der Waals surface area contributed by atoms with Gasteiger partial charge in [-0.1, -0.05) is 34.6 Å². The number of ether oxygens (including phenoxy) is 1. The SMILES string of the molecule is CC(C)CCOCCC(C(=O)O)C(C)(C)C. The standard InChI is InChI=1S/C13H26O3/c1-10(2)6-8-16-9-7-11(12(14)15)13(3,4)5/h10-11H,6-9H2,1-5H3,(H,14,15). The quantitative estimate of drug-likeness (QED) is 0.683. The van der Waals surface area contributed by atoms with E-state index >= 15 is 0 Å².